The molecule has 2 rings (SSSR count). The van der Waals surface area contributed by atoms with Gasteiger partial charge in [0.15, 0.2) is 5.82 Å². The molecule has 2 aromatic rings. The van der Waals surface area contributed by atoms with Crippen molar-refractivity contribution in [2.75, 3.05) is 0 Å². The molecule has 0 saturated heterocycles. The first-order valence-electron chi connectivity index (χ1n) is 4.48. The summed E-state index contributed by atoms with van der Waals surface area (Å²) in [5, 5.41) is 2.68. The Balaban J connectivity index is 2.02. The molecule has 0 aliphatic rings. The predicted molar refractivity (Wildman–Crippen MR) is 62.4 cm³/mol. The van der Waals surface area contributed by atoms with Gasteiger partial charge in [-0.2, -0.15) is 4.98 Å². The molecule has 5 heteroatoms. The van der Waals surface area contributed by atoms with Gasteiger partial charge >= 0.3 is 4.84 Å². The van der Waals surface area contributed by atoms with Crippen LogP contribution in [0.15, 0.2) is 33.7 Å². The minimum absolute atomic E-state index is 0.259. The van der Waals surface area contributed by atoms with E-state index < -0.39 is 0 Å². The van der Waals surface area contributed by atoms with Crippen LogP contribution in [0.25, 0.3) is 0 Å². The lowest BCUT2D eigenvalue weighted by atomic mass is 10.2. The average molecular weight is 238 g/mol. The average Bonchev–Trinajstić information content (AvgIpc) is 2.62. The van der Waals surface area contributed by atoms with Gasteiger partial charge in [0.25, 0.3) is 0 Å². The highest BCUT2D eigenvalue weighted by Gasteiger charge is 2.00. The van der Waals surface area contributed by atoms with Gasteiger partial charge in [-0.15, -0.1) is 11.8 Å². The Labute approximate surface area is 96.9 Å². The molecule has 1 heterocycles. The minimum Gasteiger partial charge on any atom is -0.348 e. The second-order valence-electron chi connectivity index (χ2n) is 3.13. The van der Waals surface area contributed by atoms with Crippen LogP contribution in [0, 0.1) is 11.8 Å². The van der Waals surface area contributed by atoms with Crippen molar-refractivity contribution in [2.24, 2.45) is 0 Å². The molecule has 1 aromatic heterocycles. The number of nitrogens with zero attached hydrogens (tertiary/aromatic N) is 1. The largest absolute Gasteiger partial charge is 0.348 e. The van der Waals surface area contributed by atoms with E-state index in [4.69, 9.17) is 16.7 Å². The highest BCUT2D eigenvalue weighted by atomic mass is 32.2. The van der Waals surface area contributed by atoms with Crippen LogP contribution < -0.4 is 0 Å². The summed E-state index contributed by atoms with van der Waals surface area (Å²) in [6, 6.07) is 8.34. The Morgan fingerprint density at radius 1 is 1.53 bits per heavy atom. The maximum Gasteiger partial charge on any atom is 0.314 e. The second kappa shape index (κ2) is 4.63. The number of hydrogen-bond acceptors (Lipinski definition) is 4. The summed E-state index contributed by atoms with van der Waals surface area (Å²) >= 11 is 6.47. The van der Waals surface area contributed by atoms with Crippen molar-refractivity contribution < 1.29 is 4.52 Å². The summed E-state index contributed by atoms with van der Waals surface area (Å²) in [6.07, 6.45) is 0. The van der Waals surface area contributed by atoms with Crippen LogP contribution in [0.5, 0.6) is 0 Å². The van der Waals surface area contributed by atoms with E-state index in [1.165, 1.54) is 10.5 Å². The van der Waals surface area contributed by atoms with Gasteiger partial charge in [0.1, 0.15) is 0 Å². The molecule has 0 amide bonds. The van der Waals surface area contributed by atoms with Crippen molar-refractivity contribution in [3.05, 3.63) is 40.5 Å². The molecule has 0 aliphatic carbocycles. The number of rotatable bonds is 3. The lowest BCUT2D eigenvalue weighted by Gasteiger charge is -1.99. The van der Waals surface area contributed by atoms with Crippen LogP contribution in [0.1, 0.15) is 11.4 Å². The van der Waals surface area contributed by atoms with Crippen molar-refractivity contribution in [2.45, 2.75) is 17.6 Å². The van der Waals surface area contributed by atoms with Gasteiger partial charge in [0.2, 0.25) is 0 Å². The van der Waals surface area contributed by atoms with E-state index in [-0.39, 0.29) is 4.84 Å². The van der Waals surface area contributed by atoms with Crippen molar-refractivity contribution in [1.29, 1.82) is 0 Å². The number of thioether (sulfide) groups is 1. The van der Waals surface area contributed by atoms with E-state index in [0.717, 1.165) is 11.6 Å². The van der Waals surface area contributed by atoms with Crippen LogP contribution in [0.4, 0.5) is 0 Å². The molecule has 0 atom stereocenters. The van der Waals surface area contributed by atoms with Crippen LogP contribution in [-0.4, -0.2) is 10.1 Å². The first-order chi connectivity index (χ1) is 7.24. The molecule has 15 heavy (non-hydrogen) atoms. The first kappa shape index (κ1) is 10.4. The van der Waals surface area contributed by atoms with Crippen LogP contribution >= 0.6 is 24.0 Å². The lowest BCUT2D eigenvalue weighted by molar-refractivity contribution is 0.400. The molecule has 1 aromatic carbocycles. The Hall–Kier alpha value is -1.07. The molecule has 0 aliphatic heterocycles. The number of nitrogens with one attached hydrogen (secondary N) is 1. The molecule has 0 spiro atoms. The van der Waals surface area contributed by atoms with Gasteiger partial charge in [0.05, 0.1) is 5.75 Å². The SMILES string of the molecule is Cc1cccc(SCc2nc(=S)o[nH]2)c1. The molecule has 3 nitrogen and oxygen atoms in total. The van der Waals surface area contributed by atoms with Gasteiger partial charge in [-0.3, -0.25) is 0 Å². The maximum absolute atomic E-state index is 4.84. The molecule has 0 unspecified atom stereocenters. The third-order valence-corrected chi connectivity index (χ3v) is 3.03. The van der Waals surface area contributed by atoms with Gasteiger partial charge in [-0.25, -0.2) is 5.16 Å². The fraction of sp³-hybridized carbons (Fsp3) is 0.200. The van der Waals surface area contributed by atoms with Crippen molar-refractivity contribution in [3.63, 3.8) is 0 Å². The molecule has 78 valence electrons. The van der Waals surface area contributed by atoms with Gasteiger partial charge in [-0.1, -0.05) is 17.7 Å². The summed E-state index contributed by atoms with van der Waals surface area (Å²) in [7, 11) is 0. The fourth-order valence-corrected chi connectivity index (χ4v) is 2.20. The minimum atomic E-state index is 0.259. The van der Waals surface area contributed by atoms with E-state index in [1.54, 1.807) is 11.8 Å². The zero-order valence-corrected chi connectivity index (χ0v) is 9.82. The van der Waals surface area contributed by atoms with Crippen LogP contribution in [-0.2, 0) is 5.75 Å². The molecule has 0 saturated carbocycles. The van der Waals surface area contributed by atoms with E-state index in [0.29, 0.717) is 0 Å². The van der Waals surface area contributed by atoms with E-state index in [1.807, 2.05) is 6.07 Å². The van der Waals surface area contributed by atoms with Crippen LogP contribution in [0.3, 0.4) is 0 Å². The van der Waals surface area contributed by atoms with E-state index in [9.17, 15) is 0 Å². The fourth-order valence-electron chi connectivity index (χ4n) is 1.18. The monoisotopic (exact) mass is 238 g/mol. The highest BCUT2D eigenvalue weighted by Crippen LogP contribution is 2.21. The lowest BCUT2D eigenvalue weighted by Crippen LogP contribution is -1.83. The van der Waals surface area contributed by atoms with Crippen molar-refractivity contribution >= 4 is 24.0 Å². The zero-order valence-electron chi connectivity index (χ0n) is 8.19. The molecular weight excluding hydrogens is 228 g/mol. The quantitative estimate of drug-likeness (QED) is 0.658. The van der Waals surface area contributed by atoms with Gasteiger partial charge in [0, 0.05) is 4.90 Å². The third-order valence-electron chi connectivity index (χ3n) is 1.85. The van der Waals surface area contributed by atoms with Gasteiger partial charge in [-0.05, 0) is 31.3 Å². The number of hydrogen-bond donors (Lipinski definition) is 1. The summed E-state index contributed by atoms with van der Waals surface area (Å²) in [5.41, 5.74) is 1.26. The Kier molecular flexibility index (Phi) is 3.23. The van der Waals surface area contributed by atoms with Crippen molar-refractivity contribution in [1.82, 2.24) is 10.1 Å². The summed E-state index contributed by atoms with van der Waals surface area (Å²) in [4.78, 5) is 5.50. The Bertz CT molecular complexity index is 504. The van der Waals surface area contributed by atoms with E-state index in [2.05, 4.69) is 35.3 Å². The zero-order chi connectivity index (χ0) is 10.7. The number of H-pyrrole nitrogens is 1. The maximum atomic E-state index is 4.84. The number of aromatic nitrogens is 2. The van der Waals surface area contributed by atoms with Crippen molar-refractivity contribution in [3.8, 4) is 0 Å². The second-order valence-corrected chi connectivity index (χ2v) is 4.53. The number of aryl methyl sites for hydroxylation is 1. The number of aromatic amines is 1. The molecule has 0 bridgehead atoms. The topological polar surface area (TPSA) is 41.8 Å². The molecule has 0 fully saturated rings. The molecular formula is C10H10N2OS2. The predicted octanol–water partition coefficient (Wildman–Crippen LogP) is 3.33. The summed E-state index contributed by atoms with van der Waals surface area (Å²) in [6.45, 7) is 2.08. The van der Waals surface area contributed by atoms with E-state index >= 15 is 0 Å². The standard InChI is InChI=1S/C10H10N2OS2/c1-7-3-2-4-8(5-7)15-6-9-11-10(14)13-12-9/h2-5H,6H2,1H3,(H,11,12,14). The van der Waals surface area contributed by atoms with Gasteiger partial charge < -0.3 is 4.52 Å². The first-order valence-corrected chi connectivity index (χ1v) is 5.87. The van der Waals surface area contributed by atoms with Crippen LogP contribution in [0.2, 0.25) is 0 Å². The molecule has 0 radical (unpaired) electrons. The Morgan fingerprint density at radius 2 is 2.40 bits per heavy atom. The summed E-state index contributed by atoms with van der Waals surface area (Å²) < 4.78 is 4.84. The highest BCUT2D eigenvalue weighted by molar-refractivity contribution is 7.98. The number of benzene rings is 1. The third kappa shape index (κ3) is 2.94. The normalized spacial score (nSPS) is 10.5. The smallest absolute Gasteiger partial charge is 0.314 e. The summed E-state index contributed by atoms with van der Waals surface area (Å²) in [5.74, 6) is 1.51. The Morgan fingerprint density at radius 3 is 3.07 bits per heavy atom. The molecule has 1 N–H and O–H groups in total.